The Bertz CT molecular complexity index is 606. The first-order chi connectivity index (χ1) is 10.9. The van der Waals surface area contributed by atoms with Gasteiger partial charge in [0.15, 0.2) is 0 Å². The molecule has 1 heterocycles. The van der Waals surface area contributed by atoms with Gasteiger partial charge in [-0.25, -0.2) is 0 Å². The Labute approximate surface area is 136 Å². The van der Waals surface area contributed by atoms with E-state index in [4.69, 9.17) is 4.42 Å². The van der Waals surface area contributed by atoms with Crippen LogP contribution in [0.1, 0.15) is 30.7 Å². The predicted octanol–water partition coefficient (Wildman–Crippen LogP) is 2.30. The predicted molar refractivity (Wildman–Crippen MR) is 88.8 cm³/mol. The van der Waals surface area contributed by atoms with Gasteiger partial charge in [0.1, 0.15) is 5.76 Å². The monoisotopic (exact) mass is 316 g/mol. The molecule has 2 atom stereocenters. The van der Waals surface area contributed by atoms with Gasteiger partial charge in [-0.2, -0.15) is 0 Å². The van der Waals surface area contributed by atoms with Crippen LogP contribution in [0.3, 0.4) is 0 Å². The van der Waals surface area contributed by atoms with Crippen LogP contribution in [0.25, 0.3) is 0 Å². The van der Waals surface area contributed by atoms with Gasteiger partial charge in [0, 0.05) is 6.54 Å². The number of nitrogens with one attached hydrogen (secondary N) is 1. The fraction of sp³-hybridized carbons (Fsp3) is 0.389. The second-order valence-electron chi connectivity index (χ2n) is 6.12. The van der Waals surface area contributed by atoms with Crippen molar-refractivity contribution in [2.75, 3.05) is 20.6 Å². The minimum atomic E-state index is -1.19. The fourth-order valence-corrected chi connectivity index (χ4v) is 2.50. The summed E-state index contributed by atoms with van der Waals surface area (Å²) >= 11 is 0. The van der Waals surface area contributed by atoms with E-state index in [9.17, 15) is 9.90 Å². The van der Waals surface area contributed by atoms with Crippen molar-refractivity contribution in [3.05, 3.63) is 60.1 Å². The van der Waals surface area contributed by atoms with E-state index in [0.29, 0.717) is 6.54 Å². The molecular formula is C18H24N2O3. The number of carbonyl (C=O) groups excluding carboxylic acids is 1. The number of hydrogen-bond acceptors (Lipinski definition) is 4. The molecule has 0 aliphatic rings. The van der Waals surface area contributed by atoms with Gasteiger partial charge in [0.25, 0.3) is 0 Å². The lowest BCUT2D eigenvalue weighted by molar-refractivity contribution is -0.126. The Balaban J connectivity index is 1.94. The van der Waals surface area contributed by atoms with Crippen molar-refractivity contribution in [2.45, 2.75) is 25.0 Å². The summed E-state index contributed by atoms with van der Waals surface area (Å²) < 4.78 is 5.42. The Morgan fingerprint density at radius 3 is 2.52 bits per heavy atom. The molecule has 0 radical (unpaired) electrons. The zero-order valence-electron chi connectivity index (χ0n) is 13.8. The molecule has 0 fully saturated rings. The number of likely N-dealkylation sites (N-methyl/N-ethyl adjacent to an activating group) is 1. The standard InChI is InChI=1S/C18H24N2O3/c1-18(22,14-8-5-4-6-9-14)12-17(21)19-13-15(20(2)3)16-10-7-11-23-16/h4-11,15,22H,12-13H2,1-3H3,(H,19,21). The normalized spacial score (nSPS) is 15.2. The minimum absolute atomic E-state index is 0.00924. The van der Waals surface area contributed by atoms with Gasteiger partial charge in [0.05, 0.1) is 24.3 Å². The average molecular weight is 316 g/mol. The van der Waals surface area contributed by atoms with E-state index >= 15 is 0 Å². The summed E-state index contributed by atoms with van der Waals surface area (Å²) in [6.45, 7) is 2.07. The summed E-state index contributed by atoms with van der Waals surface area (Å²) in [6, 6.07) is 12.9. The van der Waals surface area contributed by atoms with Crippen LogP contribution in [0.5, 0.6) is 0 Å². The number of carbonyl (C=O) groups is 1. The lowest BCUT2D eigenvalue weighted by atomic mass is 9.92. The molecule has 2 N–H and O–H groups in total. The summed E-state index contributed by atoms with van der Waals surface area (Å²) in [5.74, 6) is 0.599. The zero-order valence-corrected chi connectivity index (χ0v) is 13.8. The maximum atomic E-state index is 12.2. The smallest absolute Gasteiger partial charge is 0.223 e. The van der Waals surface area contributed by atoms with Crippen molar-refractivity contribution < 1.29 is 14.3 Å². The fourth-order valence-electron chi connectivity index (χ4n) is 2.50. The van der Waals surface area contributed by atoms with Crippen molar-refractivity contribution >= 4 is 5.91 Å². The highest BCUT2D eigenvalue weighted by Crippen LogP contribution is 2.24. The zero-order chi connectivity index (χ0) is 16.9. The Morgan fingerprint density at radius 2 is 1.96 bits per heavy atom. The molecule has 2 aromatic rings. The molecule has 1 aromatic carbocycles. The molecule has 0 aliphatic heterocycles. The Hall–Kier alpha value is -2.11. The highest BCUT2D eigenvalue weighted by Gasteiger charge is 2.27. The topological polar surface area (TPSA) is 65.7 Å². The minimum Gasteiger partial charge on any atom is -0.468 e. The molecule has 124 valence electrons. The second-order valence-corrected chi connectivity index (χ2v) is 6.12. The first-order valence-corrected chi connectivity index (χ1v) is 7.64. The maximum Gasteiger partial charge on any atom is 0.223 e. The molecule has 0 bridgehead atoms. The maximum absolute atomic E-state index is 12.2. The summed E-state index contributed by atoms with van der Waals surface area (Å²) in [4.78, 5) is 14.2. The van der Waals surface area contributed by atoms with Crippen molar-refractivity contribution in [1.82, 2.24) is 10.2 Å². The van der Waals surface area contributed by atoms with E-state index in [1.54, 1.807) is 13.2 Å². The average Bonchev–Trinajstić information content (AvgIpc) is 3.01. The van der Waals surface area contributed by atoms with Crippen molar-refractivity contribution in [1.29, 1.82) is 0 Å². The molecule has 0 spiro atoms. The Morgan fingerprint density at radius 1 is 1.26 bits per heavy atom. The van der Waals surface area contributed by atoms with Gasteiger partial charge >= 0.3 is 0 Å². The van der Waals surface area contributed by atoms with Crippen LogP contribution in [-0.4, -0.2) is 36.6 Å². The molecule has 5 heteroatoms. The number of furan rings is 1. The SMILES string of the molecule is CN(C)C(CNC(=O)CC(C)(O)c1ccccc1)c1ccco1. The molecule has 2 rings (SSSR count). The number of rotatable bonds is 7. The number of benzene rings is 1. The summed E-state index contributed by atoms with van der Waals surface area (Å²) in [5, 5.41) is 13.4. The lowest BCUT2D eigenvalue weighted by Gasteiger charge is -2.25. The van der Waals surface area contributed by atoms with Crippen LogP contribution in [0.4, 0.5) is 0 Å². The molecule has 0 saturated carbocycles. The summed E-state index contributed by atoms with van der Waals surface area (Å²) in [7, 11) is 3.86. The molecule has 5 nitrogen and oxygen atoms in total. The highest BCUT2D eigenvalue weighted by atomic mass is 16.3. The first kappa shape index (κ1) is 17.2. The van der Waals surface area contributed by atoms with E-state index in [0.717, 1.165) is 11.3 Å². The largest absolute Gasteiger partial charge is 0.468 e. The molecule has 2 unspecified atom stereocenters. The number of amides is 1. The van der Waals surface area contributed by atoms with Crippen molar-refractivity contribution in [2.24, 2.45) is 0 Å². The Kier molecular flexibility index (Phi) is 5.58. The van der Waals surface area contributed by atoms with Crippen LogP contribution in [0.15, 0.2) is 53.1 Å². The van der Waals surface area contributed by atoms with E-state index in [2.05, 4.69) is 5.32 Å². The molecular weight excluding hydrogens is 292 g/mol. The third-order valence-electron chi connectivity index (χ3n) is 3.89. The van der Waals surface area contributed by atoms with Crippen molar-refractivity contribution in [3.8, 4) is 0 Å². The molecule has 0 aliphatic carbocycles. The van der Waals surface area contributed by atoms with Crippen LogP contribution in [-0.2, 0) is 10.4 Å². The van der Waals surface area contributed by atoms with E-state index in [1.165, 1.54) is 0 Å². The third kappa shape index (κ3) is 4.68. The van der Waals surface area contributed by atoms with Crippen LogP contribution < -0.4 is 5.32 Å². The number of hydrogen-bond donors (Lipinski definition) is 2. The first-order valence-electron chi connectivity index (χ1n) is 7.64. The lowest BCUT2D eigenvalue weighted by Crippen LogP contribution is -2.37. The summed E-state index contributed by atoms with van der Waals surface area (Å²) in [6.07, 6.45) is 1.63. The molecule has 1 aromatic heterocycles. The third-order valence-corrected chi connectivity index (χ3v) is 3.89. The van der Waals surface area contributed by atoms with Gasteiger partial charge in [-0.15, -0.1) is 0 Å². The van der Waals surface area contributed by atoms with Crippen LogP contribution in [0, 0.1) is 0 Å². The van der Waals surface area contributed by atoms with Crippen molar-refractivity contribution in [3.63, 3.8) is 0 Å². The molecule has 0 saturated heterocycles. The molecule has 1 amide bonds. The van der Waals surface area contributed by atoms with Gasteiger partial charge < -0.3 is 14.8 Å². The van der Waals surface area contributed by atoms with E-state index < -0.39 is 5.60 Å². The quantitative estimate of drug-likeness (QED) is 0.822. The number of aliphatic hydroxyl groups is 1. The van der Waals surface area contributed by atoms with Crippen LogP contribution in [0.2, 0.25) is 0 Å². The van der Waals surface area contributed by atoms with Gasteiger partial charge in [-0.05, 0) is 38.7 Å². The molecule has 23 heavy (non-hydrogen) atoms. The number of nitrogens with zero attached hydrogens (tertiary/aromatic N) is 1. The second kappa shape index (κ2) is 7.44. The van der Waals surface area contributed by atoms with Crippen LogP contribution >= 0.6 is 0 Å². The van der Waals surface area contributed by atoms with E-state index in [-0.39, 0.29) is 18.4 Å². The van der Waals surface area contributed by atoms with Gasteiger partial charge in [-0.1, -0.05) is 30.3 Å². The summed E-state index contributed by atoms with van der Waals surface area (Å²) in [5.41, 5.74) is -0.464. The van der Waals surface area contributed by atoms with Gasteiger partial charge in [-0.3, -0.25) is 9.69 Å². The van der Waals surface area contributed by atoms with E-state index in [1.807, 2.05) is 61.5 Å². The van der Waals surface area contributed by atoms with Gasteiger partial charge in [0.2, 0.25) is 5.91 Å². The highest BCUT2D eigenvalue weighted by molar-refractivity contribution is 5.77.